The second kappa shape index (κ2) is 5.72. The van der Waals surface area contributed by atoms with Crippen LogP contribution >= 0.6 is 0 Å². The number of amides is 1. The molecule has 10 heteroatoms. The zero-order valence-corrected chi connectivity index (χ0v) is 13.3. The summed E-state index contributed by atoms with van der Waals surface area (Å²) in [5.41, 5.74) is 0.139. The van der Waals surface area contributed by atoms with Crippen LogP contribution in [-0.4, -0.2) is 34.6 Å². The van der Waals surface area contributed by atoms with E-state index in [0.29, 0.717) is 0 Å². The Kier molecular flexibility index (Phi) is 3.72. The maximum Gasteiger partial charge on any atom is 0.332 e. The molecule has 0 saturated heterocycles. The van der Waals surface area contributed by atoms with Crippen LogP contribution in [0.5, 0.6) is 0 Å². The first kappa shape index (κ1) is 15.6. The number of imidazole rings is 1. The molecule has 124 valence electrons. The molecule has 0 radical (unpaired) electrons. The highest BCUT2D eigenvalue weighted by Crippen LogP contribution is 2.06. The third-order valence-electron chi connectivity index (χ3n) is 3.58. The fourth-order valence-electron chi connectivity index (χ4n) is 2.34. The van der Waals surface area contributed by atoms with E-state index in [4.69, 9.17) is 0 Å². The minimum absolute atomic E-state index is 0.152. The summed E-state index contributed by atoms with van der Waals surface area (Å²) in [6.07, 6.45) is 2.89. The van der Waals surface area contributed by atoms with Crippen molar-refractivity contribution in [3.8, 4) is 0 Å². The monoisotopic (exact) mass is 329 g/mol. The predicted molar refractivity (Wildman–Crippen MR) is 85.6 cm³/mol. The molecule has 3 rings (SSSR count). The summed E-state index contributed by atoms with van der Waals surface area (Å²) in [5, 5.41) is 2.56. The van der Waals surface area contributed by atoms with Crippen molar-refractivity contribution in [2.24, 2.45) is 14.1 Å². The van der Waals surface area contributed by atoms with Gasteiger partial charge in [-0.15, -0.1) is 0 Å². The molecule has 0 aromatic carbocycles. The van der Waals surface area contributed by atoms with Gasteiger partial charge < -0.3 is 4.57 Å². The van der Waals surface area contributed by atoms with Crippen molar-refractivity contribution in [1.82, 2.24) is 28.7 Å². The van der Waals surface area contributed by atoms with E-state index in [2.05, 4.69) is 20.3 Å². The highest BCUT2D eigenvalue weighted by atomic mass is 16.2. The van der Waals surface area contributed by atoms with E-state index in [9.17, 15) is 14.4 Å². The lowest BCUT2D eigenvalue weighted by Gasteiger charge is -2.07. The van der Waals surface area contributed by atoms with Crippen molar-refractivity contribution >= 4 is 23.0 Å². The predicted octanol–water partition coefficient (Wildman–Crippen LogP) is -0.829. The largest absolute Gasteiger partial charge is 0.332 e. The normalized spacial score (nSPS) is 11.0. The van der Waals surface area contributed by atoms with Gasteiger partial charge in [0, 0.05) is 26.0 Å². The van der Waals surface area contributed by atoms with Gasteiger partial charge in [-0.25, -0.2) is 19.7 Å². The van der Waals surface area contributed by atoms with Gasteiger partial charge in [0.25, 0.3) is 5.56 Å². The number of hydrogen-bond donors (Lipinski definition) is 1. The van der Waals surface area contributed by atoms with Crippen LogP contribution in [0, 0.1) is 6.92 Å². The molecule has 0 atom stereocenters. The highest BCUT2D eigenvalue weighted by Gasteiger charge is 2.16. The molecule has 0 spiro atoms. The van der Waals surface area contributed by atoms with Crippen LogP contribution < -0.4 is 16.6 Å². The van der Waals surface area contributed by atoms with Gasteiger partial charge in [0.15, 0.2) is 11.2 Å². The third kappa shape index (κ3) is 2.57. The molecule has 1 amide bonds. The van der Waals surface area contributed by atoms with Gasteiger partial charge in [-0.3, -0.25) is 24.0 Å². The smallest absolute Gasteiger partial charge is 0.315 e. The van der Waals surface area contributed by atoms with Gasteiger partial charge in [0.1, 0.15) is 6.54 Å². The molecule has 3 aromatic heterocycles. The second-order valence-electron chi connectivity index (χ2n) is 5.32. The Bertz CT molecular complexity index is 1060. The Morgan fingerprint density at radius 1 is 1.21 bits per heavy atom. The quantitative estimate of drug-likeness (QED) is 0.670. The van der Waals surface area contributed by atoms with Crippen LogP contribution in [0.3, 0.4) is 0 Å². The Labute approximate surface area is 135 Å². The molecule has 1 N–H and O–H groups in total. The van der Waals surface area contributed by atoms with Crippen molar-refractivity contribution in [3.05, 3.63) is 45.1 Å². The number of nitrogens with one attached hydrogen (secondary N) is 1. The number of carbonyl (C=O) groups is 1. The summed E-state index contributed by atoms with van der Waals surface area (Å²) in [5.74, 6) is -0.222. The molecule has 0 aliphatic carbocycles. The van der Waals surface area contributed by atoms with Crippen molar-refractivity contribution in [2.45, 2.75) is 13.5 Å². The maximum absolute atomic E-state index is 12.3. The van der Waals surface area contributed by atoms with Crippen LogP contribution in [0.25, 0.3) is 11.2 Å². The second-order valence-corrected chi connectivity index (χ2v) is 5.32. The van der Waals surface area contributed by atoms with Crippen LogP contribution in [0.4, 0.5) is 5.95 Å². The summed E-state index contributed by atoms with van der Waals surface area (Å²) in [6.45, 7) is 1.63. The SMILES string of the molecule is Cc1ccnc(NC(=O)Cn2cnc3c2c(=O)n(C)c(=O)n3C)n1. The Morgan fingerprint density at radius 3 is 2.67 bits per heavy atom. The number of carbonyl (C=O) groups excluding carboxylic acids is 1. The van der Waals surface area contributed by atoms with Crippen LogP contribution in [0.1, 0.15) is 5.69 Å². The number of fused-ring (bicyclic) bond motifs is 1. The fraction of sp³-hybridized carbons (Fsp3) is 0.286. The molecule has 3 aromatic rings. The van der Waals surface area contributed by atoms with E-state index in [-0.39, 0.29) is 23.7 Å². The lowest BCUT2D eigenvalue weighted by molar-refractivity contribution is -0.116. The first-order chi connectivity index (χ1) is 11.4. The van der Waals surface area contributed by atoms with E-state index < -0.39 is 17.2 Å². The summed E-state index contributed by atoms with van der Waals surface area (Å²) < 4.78 is 3.62. The van der Waals surface area contributed by atoms with Gasteiger partial charge >= 0.3 is 5.69 Å². The molecule has 0 bridgehead atoms. The summed E-state index contributed by atoms with van der Waals surface area (Å²) in [6, 6.07) is 1.71. The van der Waals surface area contributed by atoms with Crippen molar-refractivity contribution < 1.29 is 4.79 Å². The highest BCUT2D eigenvalue weighted by molar-refractivity contribution is 5.89. The average molecular weight is 329 g/mol. The molecule has 24 heavy (non-hydrogen) atoms. The number of anilines is 1. The Morgan fingerprint density at radius 2 is 1.96 bits per heavy atom. The van der Waals surface area contributed by atoms with Crippen LogP contribution in [-0.2, 0) is 25.4 Å². The minimum Gasteiger partial charge on any atom is -0.315 e. The molecule has 10 nitrogen and oxygen atoms in total. The summed E-state index contributed by atoms with van der Waals surface area (Å²) in [4.78, 5) is 48.4. The summed E-state index contributed by atoms with van der Waals surface area (Å²) >= 11 is 0. The average Bonchev–Trinajstić information content (AvgIpc) is 2.94. The molecular formula is C14H15N7O3. The van der Waals surface area contributed by atoms with Gasteiger partial charge in [0.2, 0.25) is 11.9 Å². The van der Waals surface area contributed by atoms with E-state index >= 15 is 0 Å². The van der Waals surface area contributed by atoms with Crippen LogP contribution in [0.2, 0.25) is 0 Å². The lowest BCUT2D eigenvalue weighted by Crippen LogP contribution is -2.37. The molecule has 0 fully saturated rings. The molecule has 3 heterocycles. The van der Waals surface area contributed by atoms with E-state index in [1.807, 2.05) is 0 Å². The first-order valence-electron chi connectivity index (χ1n) is 7.09. The Balaban J connectivity index is 1.95. The molecule has 0 unspecified atom stereocenters. The first-order valence-corrected chi connectivity index (χ1v) is 7.09. The van der Waals surface area contributed by atoms with E-state index in [1.54, 1.807) is 13.0 Å². The molecule has 0 aliphatic rings. The van der Waals surface area contributed by atoms with E-state index in [1.165, 1.54) is 35.8 Å². The zero-order chi connectivity index (χ0) is 17.4. The van der Waals surface area contributed by atoms with Crippen LogP contribution in [0.15, 0.2) is 28.2 Å². The number of aryl methyl sites for hydroxylation is 2. The molecule has 0 aliphatic heterocycles. The van der Waals surface area contributed by atoms with E-state index in [0.717, 1.165) is 10.3 Å². The standard InChI is InChI=1S/C14H15N7O3/c1-8-4-5-15-13(17-8)18-9(22)6-21-7-16-11-10(21)12(23)20(3)14(24)19(11)2/h4-5,7H,6H2,1-3H3,(H,15,17,18,22). The Hall–Kier alpha value is -3.30. The maximum atomic E-state index is 12.3. The fourth-order valence-corrected chi connectivity index (χ4v) is 2.34. The number of nitrogens with zero attached hydrogens (tertiary/aromatic N) is 6. The van der Waals surface area contributed by atoms with Crippen molar-refractivity contribution in [1.29, 1.82) is 0 Å². The summed E-state index contributed by atoms with van der Waals surface area (Å²) in [7, 11) is 2.89. The number of rotatable bonds is 3. The third-order valence-corrected chi connectivity index (χ3v) is 3.58. The van der Waals surface area contributed by atoms with Crippen molar-refractivity contribution in [3.63, 3.8) is 0 Å². The lowest BCUT2D eigenvalue weighted by atomic mass is 10.4. The number of aromatic nitrogens is 6. The van der Waals surface area contributed by atoms with Gasteiger partial charge in [-0.1, -0.05) is 0 Å². The van der Waals surface area contributed by atoms with Gasteiger partial charge in [-0.2, -0.15) is 0 Å². The van der Waals surface area contributed by atoms with Crippen molar-refractivity contribution in [2.75, 3.05) is 5.32 Å². The van der Waals surface area contributed by atoms with Gasteiger partial charge in [0.05, 0.1) is 6.33 Å². The minimum atomic E-state index is -0.509. The molecule has 0 saturated carbocycles. The topological polar surface area (TPSA) is 117 Å². The number of hydrogen-bond acceptors (Lipinski definition) is 6. The zero-order valence-electron chi connectivity index (χ0n) is 13.3. The van der Waals surface area contributed by atoms with Gasteiger partial charge in [-0.05, 0) is 13.0 Å². The molecular weight excluding hydrogens is 314 g/mol.